The predicted molar refractivity (Wildman–Crippen MR) is 78.1 cm³/mol. The van der Waals surface area contributed by atoms with Crippen LogP contribution in [0.3, 0.4) is 0 Å². The average Bonchev–Trinajstić information content (AvgIpc) is 2.80. The molecule has 1 aliphatic heterocycles. The highest BCUT2D eigenvalue weighted by molar-refractivity contribution is 6.30. The zero-order valence-corrected chi connectivity index (χ0v) is 12.4. The normalized spacial score (nSPS) is 13.7. The molecule has 4 heteroatoms. The summed E-state index contributed by atoms with van der Waals surface area (Å²) >= 11 is 6.10. The Labute approximate surface area is 120 Å². The average molecular weight is 284 g/mol. The second-order valence-electron chi connectivity index (χ2n) is 5.17. The summed E-state index contributed by atoms with van der Waals surface area (Å²) in [5.41, 5.74) is 2.27. The van der Waals surface area contributed by atoms with E-state index in [9.17, 15) is 0 Å². The van der Waals surface area contributed by atoms with Gasteiger partial charge in [0.15, 0.2) is 0 Å². The van der Waals surface area contributed by atoms with Crippen LogP contribution in [0, 0.1) is 0 Å². The Bertz CT molecular complexity index is 421. The largest absolute Gasteiger partial charge is 0.493 e. The van der Waals surface area contributed by atoms with E-state index in [0.717, 1.165) is 48.9 Å². The first kappa shape index (κ1) is 14.6. The standard InChI is InChI=1S/C15H22ClNO2/c1-11(2)17-5-3-6-18-10-13-9-14(16)8-12-4-7-19-15(12)13/h8-9,11,17H,3-7,10H2,1-2H3. The van der Waals surface area contributed by atoms with Crippen molar-refractivity contribution in [1.29, 1.82) is 0 Å². The van der Waals surface area contributed by atoms with Gasteiger partial charge in [-0.05, 0) is 30.7 Å². The summed E-state index contributed by atoms with van der Waals surface area (Å²) in [5.74, 6) is 0.977. The fourth-order valence-electron chi connectivity index (χ4n) is 2.20. The number of fused-ring (bicyclic) bond motifs is 1. The molecule has 0 fully saturated rings. The maximum Gasteiger partial charge on any atom is 0.128 e. The van der Waals surface area contributed by atoms with Crippen molar-refractivity contribution in [2.24, 2.45) is 0 Å². The van der Waals surface area contributed by atoms with E-state index in [1.165, 1.54) is 5.56 Å². The highest BCUT2D eigenvalue weighted by Crippen LogP contribution is 2.33. The Kier molecular flexibility index (Phi) is 5.49. The van der Waals surface area contributed by atoms with Gasteiger partial charge in [0.1, 0.15) is 5.75 Å². The molecule has 0 aliphatic carbocycles. The molecule has 1 aromatic rings. The Morgan fingerprint density at radius 2 is 2.26 bits per heavy atom. The van der Waals surface area contributed by atoms with Crippen LogP contribution in [0.1, 0.15) is 31.4 Å². The molecule has 19 heavy (non-hydrogen) atoms. The lowest BCUT2D eigenvalue weighted by Gasteiger charge is -2.11. The molecule has 0 radical (unpaired) electrons. The summed E-state index contributed by atoms with van der Waals surface area (Å²) in [4.78, 5) is 0. The number of hydrogen-bond donors (Lipinski definition) is 1. The van der Waals surface area contributed by atoms with Gasteiger partial charge in [0.05, 0.1) is 13.2 Å². The summed E-state index contributed by atoms with van der Waals surface area (Å²) < 4.78 is 11.3. The summed E-state index contributed by atoms with van der Waals surface area (Å²) in [5, 5.41) is 4.14. The molecule has 0 atom stereocenters. The minimum atomic E-state index is 0.532. The van der Waals surface area contributed by atoms with Crippen LogP contribution in [0.2, 0.25) is 5.02 Å². The number of ether oxygens (including phenoxy) is 2. The topological polar surface area (TPSA) is 30.5 Å². The van der Waals surface area contributed by atoms with Crippen molar-refractivity contribution in [3.8, 4) is 5.75 Å². The van der Waals surface area contributed by atoms with Gasteiger partial charge in [-0.2, -0.15) is 0 Å². The fourth-order valence-corrected chi connectivity index (χ4v) is 2.46. The molecule has 2 rings (SSSR count). The minimum Gasteiger partial charge on any atom is -0.493 e. The first-order valence-corrected chi connectivity index (χ1v) is 7.30. The van der Waals surface area contributed by atoms with E-state index in [1.807, 2.05) is 12.1 Å². The third kappa shape index (κ3) is 4.37. The van der Waals surface area contributed by atoms with Gasteiger partial charge in [0.25, 0.3) is 0 Å². The molecule has 106 valence electrons. The van der Waals surface area contributed by atoms with Crippen molar-refractivity contribution >= 4 is 11.6 Å². The number of hydrogen-bond acceptors (Lipinski definition) is 3. The maximum atomic E-state index is 6.10. The van der Waals surface area contributed by atoms with Crippen LogP contribution in [0.4, 0.5) is 0 Å². The van der Waals surface area contributed by atoms with Crippen molar-refractivity contribution in [1.82, 2.24) is 5.32 Å². The SMILES string of the molecule is CC(C)NCCCOCc1cc(Cl)cc2c1OCC2. The number of halogens is 1. The minimum absolute atomic E-state index is 0.532. The molecule has 0 aromatic heterocycles. The van der Waals surface area contributed by atoms with E-state index < -0.39 is 0 Å². The smallest absolute Gasteiger partial charge is 0.128 e. The molecule has 0 bridgehead atoms. The number of benzene rings is 1. The van der Waals surface area contributed by atoms with E-state index >= 15 is 0 Å². The summed E-state index contributed by atoms with van der Waals surface area (Å²) in [6, 6.07) is 4.46. The van der Waals surface area contributed by atoms with Gasteiger partial charge in [0, 0.05) is 29.7 Å². The molecule has 3 nitrogen and oxygen atoms in total. The van der Waals surface area contributed by atoms with E-state index in [-0.39, 0.29) is 0 Å². The van der Waals surface area contributed by atoms with Crippen LogP contribution in [0.25, 0.3) is 0 Å². The first-order chi connectivity index (χ1) is 9.16. The van der Waals surface area contributed by atoms with Crippen molar-refractivity contribution in [2.75, 3.05) is 19.8 Å². The number of rotatable bonds is 7. The van der Waals surface area contributed by atoms with Gasteiger partial charge in [-0.15, -0.1) is 0 Å². The van der Waals surface area contributed by atoms with E-state index in [2.05, 4.69) is 19.2 Å². The summed E-state index contributed by atoms with van der Waals surface area (Å²) in [6.07, 6.45) is 1.96. The van der Waals surface area contributed by atoms with Crippen molar-refractivity contribution in [2.45, 2.75) is 39.3 Å². The lowest BCUT2D eigenvalue weighted by Crippen LogP contribution is -2.24. The van der Waals surface area contributed by atoms with Crippen LogP contribution in [-0.4, -0.2) is 25.8 Å². The second-order valence-corrected chi connectivity index (χ2v) is 5.60. The quantitative estimate of drug-likeness (QED) is 0.780. The van der Waals surface area contributed by atoms with Crippen LogP contribution < -0.4 is 10.1 Å². The van der Waals surface area contributed by atoms with Crippen LogP contribution in [0.15, 0.2) is 12.1 Å². The molecule has 1 aromatic carbocycles. The molecule has 1 N–H and O–H groups in total. The Morgan fingerprint density at radius 3 is 3.05 bits per heavy atom. The molecule has 0 spiro atoms. The predicted octanol–water partition coefficient (Wildman–Crippen LogP) is 3.18. The second kappa shape index (κ2) is 7.13. The fraction of sp³-hybridized carbons (Fsp3) is 0.600. The third-order valence-corrected chi connectivity index (χ3v) is 3.32. The van der Waals surface area contributed by atoms with Gasteiger partial charge >= 0.3 is 0 Å². The van der Waals surface area contributed by atoms with E-state index in [4.69, 9.17) is 21.1 Å². The first-order valence-electron chi connectivity index (χ1n) is 6.92. The van der Waals surface area contributed by atoms with Crippen LogP contribution in [0.5, 0.6) is 5.75 Å². The van der Waals surface area contributed by atoms with Gasteiger partial charge in [-0.1, -0.05) is 25.4 Å². The van der Waals surface area contributed by atoms with Crippen molar-refractivity contribution in [3.63, 3.8) is 0 Å². The van der Waals surface area contributed by atoms with Crippen LogP contribution >= 0.6 is 11.6 Å². The van der Waals surface area contributed by atoms with Crippen molar-refractivity contribution < 1.29 is 9.47 Å². The van der Waals surface area contributed by atoms with Gasteiger partial charge < -0.3 is 14.8 Å². The molecule has 0 amide bonds. The highest BCUT2D eigenvalue weighted by atomic mass is 35.5. The van der Waals surface area contributed by atoms with Crippen molar-refractivity contribution in [3.05, 3.63) is 28.3 Å². The Hall–Kier alpha value is -0.770. The zero-order valence-electron chi connectivity index (χ0n) is 11.7. The third-order valence-electron chi connectivity index (χ3n) is 3.10. The summed E-state index contributed by atoms with van der Waals surface area (Å²) in [6.45, 7) is 7.36. The molecular weight excluding hydrogens is 262 g/mol. The number of nitrogens with one attached hydrogen (secondary N) is 1. The monoisotopic (exact) mass is 283 g/mol. The van der Waals surface area contributed by atoms with E-state index in [0.29, 0.717) is 12.6 Å². The maximum absolute atomic E-state index is 6.10. The highest BCUT2D eigenvalue weighted by Gasteiger charge is 2.17. The molecule has 0 unspecified atom stereocenters. The Morgan fingerprint density at radius 1 is 1.42 bits per heavy atom. The molecule has 1 aliphatic rings. The van der Waals surface area contributed by atoms with Gasteiger partial charge in [0.2, 0.25) is 0 Å². The van der Waals surface area contributed by atoms with Crippen LogP contribution in [-0.2, 0) is 17.8 Å². The van der Waals surface area contributed by atoms with E-state index in [1.54, 1.807) is 0 Å². The van der Waals surface area contributed by atoms with Gasteiger partial charge in [-0.25, -0.2) is 0 Å². The lowest BCUT2D eigenvalue weighted by molar-refractivity contribution is 0.116. The Balaban J connectivity index is 1.77. The lowest BCUT2D eigenvalue weighted by atomic mass is 10.1. The molecular formula is C15H22ClNO2. The molecule has 0 saturated carbocycles. The molecule has 1 heterocycles. The molecule has 0 saturated heterocycles. The van der Waals surface area contributed by atoms with Gasteiger partial charge in [-0.3, -0.25) is 0 Å². The summed E-state index contributed by atoms with van der Waals surface area (Å²) in [7, 11) is 0. The zero-order chi connectivity index (χ0) is 13.7.